The van der Waals surface area contributed by atoms with Gasteiger partial charge in [0, 0.05) is 18.0 Å². The lowest BCUT2D eigenvalue weighted by Crippen LogP contribution is -2.41. The lowest BCUT2D eigenvalue weighted by atomic mass is 9.91. The lowest BCUT2D eigenvalue weighted by Gasteiger charge is -2.38. The van der Waals surface area contributed by atoms with Crippen LogP contribution < -0.4 is 5.56 Å². The van der Waals surface area contributed by atoms with E-state index in [4.69, 9.17) is 4.98 Å². The molecule has 2 aromatic heterocycles. The van der Waals surface area contributed by atoms with Gasteiger partial charge in [-0.05, 0) is 44.6 Å². The molecule has 3 atom stereocenters. The number of nitrogens with one attached hydrogen (secondary N) is 1. The lowest BCUT2D eigenvalue weighted by molar-refractivity contribution is 0.0992. The molecule has 1 aliphatic rings. The molecule has 120 valence electrons. The summed E-state index contributed by atoms with van der Waals surface area (Å²) in [7, 11) is 0. The second-order valence-corrected chi connectivity index (χ2v) is 8.19. The Balaban J connectivity index is 1.97. The van der Waals surface area contributed by atoms with Gasteiger partial charge in [0.1, 0.15) is 10.7 Å². The van der Waals surface area contributed by atoms with Crippen molar-refractivity contribution in [1.29, 1.82) is 0 Å². The Kier molecular flexibility index (Phi) is 4.12. The summed E-state index contributed by atoms with van der Waals surface area (Å²) in [6.45, 7) is 13.0. The quantitative estimate of drug-likeness (QED) is 0.919. The van der Waals surface area contributed by atoms with Gasteiger partial charge in [0.25, 0.3) is 5.56 Å². The van der Waals surface area contributed by atoms with Gasteiger partial charge in [0.15, 0.2) is 0 Å². The van der Waals surface area contributed by atoms with Crippen LogP contribution in [-0.2, 0) is 0 Å². The molecular formula is C17H25N3OS. The summed E-state index contributed by atoms with van der Waals surface area (Å²) in [6.07, 6.45) is 1.29. The molecule has 22 heavy (non-hydrogen) atoms. The van der Waals surface area contributed by atoms with Crippen LogP contribution in [0.1, 0.15) is 49.5 Å². The molecule has 0 radical (unpaired) electrons. The van der Waals surface area contributed by atoms with Crippen molar-refractivity contribution in [2.24, 2.45) is 11.8 Å². The Bertz CT molecular complexity index is 738. The SMILES string of the molecule is Cc1sc2nc([C@H](C)N3C[C@H](C)C[C@H](C)C3)[nH]c(=O)c2c1C. The summed E-state index contributed by atoms with van der Waals surface area (Å²) in [4.78, 5) is 24.7. The molecule has 0 unspecified atom stereocenters. The number of aromatic amines is 1. The number of aryl methyl sites for hydroxylation is 2. The van der Waals surface area contributed by atoms with Crippen LogP contribution >= 0.6 is 11.3 Å². The number of H-pyrrole nitrogens is 1. The normalized spacial score (nSPS) is 24.8. The Morgan fingerprint density at radius 3 is 2.55 bits per heavy atom. The molecule has 4 nitrogen and oxygen atoms in total. The van der Waals surface area contributed by atoms with Gasteiger partial charge in [-0.25, -0.2) is 4.98 Å². The van der Waals surface area contributed by atoms with Gasteiger partial charge < -0.3 is 4.98 Å². The van der Waals surface area contributed by atoms with Crippen molar-refractivity contribution in [2.45, 2.75) is 47.1 Å². The van der Waals surface area contributed by atoms with E-state index >= 15 is 0 Å². The summed E-state index contributed by atoms with van der Waals surface area (Å²) in [6, 6.07) is 0.157. The highest BCUT2D eigenvalue weighted by Gasteiger charge is 2.27. The highest BCUT2D eigenvalue weighted by molar-refractivity contribution is 7.18. The summed E-state index contributed by atoms with van der Waals surface area (Å²) in [5.41, 5.74) is 1.07. The zero-order chi connectivity index (χ0) is 16.0. The van der Waals surface area contributed by atoms with Crippen LogP contribution in [0, 0.1) is 25.7 Å². The van der Waals surface area contributed by atoms with Gasteiger partial charge in [0.2, 0.25) is 0 Å². The maximum atomic E-state index is 12.4. The van der Waals surface area contributed by atoms with E-state index in [2.05, 4.69) is 37.6 Å². The smallest absolute Gasteiger partial charge is 0.259 e. The van der Waals surface area contributed by atoms with Crippen molar-refractivity contribution in [3.05, 3.63) is 26.6 Å². The number of likely N-dealkylation sites (tertiary alicyclic amines) is 1. The molecule has 0 bridgehead atoms. The fourth-order valence-electron chi connectivity index (χ4n) is 3.67. The molecule has 1 fully saturated rings. The molecular weight excluding hydrogens is 294 g/mol. The van der Waals surface area contributed by atoms with Crippen molar-refractivity contribution in [1.82, 2.24) is 14.9 Å². The third-order valence-electron chi connectivity index (χ3n) is 4.90. The number of piperidine rings is 1. The van der Waals surface area contributed by atoms with Crippen molar-refractivity contribution >= 4 is 21.6 Å². The molecule has 0 aromatic carbocycles. The predicted octanol–water partition coefficient (Wildman–Crippen LogP) is 3.64. The van der Waals surface area contributed by atoms with Crippen LogP contribution in [0.5, 0.6) is 0 Å². The minimum absolute atomic E-state index is 0.00630. The van der Waals surface area contributed by atoms with E-state index in [0.717, 1.165) is 34.7 Å². The highest BCUT2D eigenvalue weighted by atomic mass is 32.1. The maximum Gasteiger partial charge on any atom is 0.259 e. The minimum atomic E-state index is 0.00630. The van der Waals surface area contributed by atoms with Gasteiger partial charge in [-0.3, -0.25) is 9.69 Å². The number of rotatable bonds is 2. The van der Waals surface area contributed by atoms with Crippen LogP contribution in [0.4, 0.5) is 0 Å². The molecule has 1 saturated heterocycles. The molecule has 0 saturated carbocycles. The molecule has 0 aliphatic carbocycles. The molecule has 1 N–H and O–H groups in total. The van der Waals surface area contributed by atoms with Gasteiger partial charge in [-0.15, -0.1) is 11.3 Å². The van der Waals surface area contributed by atoms with Crippen LogP contribution in [0.3, 0.4) is 0 Å². The monoisotopic (exact) mass is 319 g/mol. The Hall–Kier alpha value is -1.20. The molecule has 5 heteroatoms. The topological polar surface area (TPSA) is 49.0 Å². The van der Waals surface area contributed by atoms with Crippen molar-refractivity contribution in [3.63, 3.8) is 0 Å². The van der Waals surface area contributed by atoms with Crippen molar-refractivity contribution in [2.75, 3.05) is 13.1 Å². The first-order valence-corrected chi connectivity index (χ1v) is 8.92. The van der Waals surface area contributed by atoms with Crippen molar-refractivity contribution < 1.29 is 0 Å². The number of hydrogen-bond donors (Lipinski definition) is 1. The summed E-state index contributed by atoms with van der Waals surface area (Å²) < 4.78 is 0. The Labute approximate surface area is 135 Å². The Morgan fingerprint density at radius 1 is 1.27 bits per heavy atom. The average molecular weight is 319 g/mol. The standard InChI is InChI=1S/C17H25N3OS/c1-9-6-10(2)8-20(7-9)12(4)15-18-16(21)14-11(3)13(5)22-17(14)19-15/h9-10,12H,6-8H2,1-5H3,(H,18,19,21)/t9-,10+,12-/m0/s1. The number of fused-ring (bicyclic) bond motifs is 1. The molecule has 3 heterocycles. The molecule has 0 amide bonds. The number of aromatic nitrogens is 2. The first-order valence-electron chi connectivity index (χ1n) is 8.10. The molecule has 2 aromatic rings. The third-order valence-corrected chi connectivity index (χ3v) is 6.00. The summed E-state index contributed by atoms with van der Waals surface area (Å²) in [5.74, 6) is 2.21. The van der Waals surface area contributed by atoms with E-state index in [1.165, 1.54) is 11.3 Å². The number of nitrogens with zero attached hydrogens (tertiary/aromatic N) is 2. The summed E-state index contributed by atoms with van der Waals surface area (Å²) >= 11 is 1.62. The van der Waals surface area contributed by atoms with E-state index in [1.807, 2.05) is 6.92 Å². The first kappa shape index (κ1) is 15.7. The third kappa shape index (κ3) is 2.72. The van der Waals surface area contributed by atoms with E-state index < -0.39 is 0 Å². The molecule has 0 spiro atoms. The van der Waals surface area contributed by atoms with Gasteiger partial charge in [0.05, 0.1) is 11.4 Å². The van der Waals surface area contributed by atoms with Gasteiger partial charge in [-0.2, -0.15) is 0 Å². The average Bonchev–Trinajstić information content (AvgIpc) is 2.72. The largest absolute Gasteiger partial charge is 0.309 e. The van der Waals surface area contributed by atoms with E-state index in [9.17, 15) is 4.79 Å². The van der Waals surface area contributed by atoms with Crippen LogP contribution in [0.15, 0.2) is 4.79 Å². The highest BCUT2D eigenvalue weighted by Crippen LogP contribution is 2.30. The van der Waals surface area contributed by atoms with Crippen LogP contribution in [0.2, 0.25) is 0 Å². The van der Waals surface area contributed by atoms with Gasteiger partial charge in [-0.1, -0.05) is 13.8 Å². The van der Waals surface area contributed by atoms with E-state index in [0.29, 0.717) is 11.8 Å². The second kappa shape index (κ2) is 5.78. The second-order valence-electron chi connectivity index (χ2n) is 6.99. The van der Waals surface area contributed by atoms with Gasteiger partial charge >= 0.3 is 0 Å². The number of hydrogen-bond acceptors (Lipinski definition) is 4. The zero-order valence-electron chi connectivity index (χ0n) is 14.1. The van der Waals surface area contributed by atoms with E-state index in [1.54, 1.807) is 11.3 Å². The zero-order valence-corrected chi connectivity index (χ0v) is 14.9. The fourth-order valence-corrected chi connectivity index (χ4v) is 4.71. The molecule has 1 aliphatic heterocycles. The van der Waals surface area contributed by atoms with Crippen LogP contribution in [-0.4, -0.2) is 28.0 Å². The summed E-state index contributed by atoms with van der Waals surface area (Å²) in [5, 5.41) is 0.763. The maximum absolute atomic E-state index is 12.4. The minimum Gasteiger partial charge on any atom is -0.309 e. The molecule has 3 rings (SSSR count). The van der Waals surface area contributed by atoms with Crippen molar-refractivity contribution in [3.8, 4) is 0 Å². The number of thiophene rings is 1. The van der Waals surface area contributed by atoms with Crippen LogP contribution in [0.25, 0.3) is 10.2 Å². The Morgan fingerprint density at radius 2 is 1.91 bits per heavy atom. The first-order chi connectivity index (χ1) is 10.4. The fraction of sp³-hybridized carbons (Fsp3) is 0.647. The van der Waals surface area contributed by atoms with E-state index in [-0.39, 0.29) is 11.6 Å². The predicted molar refractivity (Wildman–Crippen MR) is 92.6 cm³/mol.